The molecule has 1 heterocycles. The fourth-order valence-corrected chi connectivity index (χ4v) is 3.03. The average Bonchev–Trinajstić information content (AvgIpc) is 3.40. The first kappa shape index (κ1) is 17.2. The molecule has 4 N–H and O–H groups in total. The maximum Gasteiger partial charge on any atom is 0.330 e. The first-order valence-corrected chi connectivity index (χ1v) is 8.66. The number of anilines is 2. The molecular weight excluding hydrogens is 338 g/mol. The van der Waals surface area contributed by atoms with Gasteiger partial charge < -0.3 is 16.0 Å². The zero-order chi connectivity index (χ0) is 18.0. The lowest BCUT2D eigenvalue weighted by atomic mass is 10.2. The van der Waals surface area contributed by atoms with Gasteiger partial charge in [-0.1, -0.05) is 30.3 Å². The van der Waals surface area contributed by atoms with Crippen molar-refractivity contribution in [2.45, 2.75) is 32.4 Å². The van der Waals surface area contributed by atoms with Crippen LogP contribution in [-0.2, 0) is 6.54 Å². The Kier molecular flexibility index (Phi) is 4.89. The predicted octanol–water partition coefficient (Wildman–Crippen LogP) is 1.03. The summed E-state index contributed by atoms with van der Waals surface area (Å²) in [6.07, 6.45) is 2.13. The molecule has 0 atom stereocenters. The van der Waals surface area contributed by atoms with Crippen molar-refractivity contribution in [2.24, 2.45) is 0 Å². The third kappa shape index (κ3) is 3.74. The molecule has 0 amide bonds. The van der Waals surface area contributed by atoms with E-state index < -0.39 is 11.2 Å². The Balaban J connectivity index is 2.00. The highest BCUT2D eigenvalue weighted by atomic mass is 32.1. The summed E-state index contributed by atoms with van der Waals surface area (Å²) in [7, 11) is 0. The van der Waals surface area contributed by atoms with Gasteiger partial charge in [-0.2, -0.15) is 0 Å². The maximum atomic E-state index is 12.4. The highest BCUT2D eigenvalue weighted by Crippen LogP contribution is 2.22. The van der Waals surface area contributed by atoms with E-state index in [9.17, 15) is 9.59 Å². The van der Waals surface area contributed by atoms with Gasteiger partial charge in [0.05, 0.1) is 6.54 Å². The Bertz CT molecular complexity index is 886. The summed E-state index contributed by atoms with van der Waals surface area (Å²) < 4.78 is 1.36. The van der Waals surface area contributed by atoms with Crippen LogP contribution in [0.1, 0.15) is 25.3 Å². The van der Waals surface area contributed by atoms with Gasteiger partial charge in [0.1, 0.15) is 5.82 Å². The van der Waals surface area contributed by atoms with Gasteiger partial charge in [-0.25, -0.2) is 4.79 Å². The first-order valence-electron chi connectivity index (χ1n) is 8.25. The highest BCUT2D eigenvalue weighted by Gasteiger charge is 2.26. The molecule has 132 valence electrons. The molecule has 7 nitrogen and oxygen atoms in total. The Morgan fingerprint density at radius 3 is 2.64 bits per heavy atom. The van der Waals surface area contributed by atoms with Crippen molar-refractivity contribution in [1.82, 2.24) is 14.9 Å². The molecular formula is C17H21N5O2S. The minimum atomic E-state index is -0.535. The summed E-state index contributed by atoms with van der Waals surface area (Å²) in [5, 5.41) is 3.65. The number of aromatic amines is 1. The SMILES string of the molecule is CCN(C(=S)NC1CC1)c1c(N)n(Cc2ccccc2)c(=O)[nH]c1=O. The number of rotatable bonds is 5. The second-order valence-electron chi connectivity index (χ2n) is 6.03. The lowest BCUT2D eigenvalue weighted by molar-refractivity contribution is 0.729. The molecule has 1 aromatic carbocycles. The maximum absolute atomic E-state index is 12.4. The normalized spacial score (nSPS) is 13.5. The van der Waals surface area contributed by atoms with E-state index in [1.54, 1.807) is 4.90 Å². The van der Waals surface area contributed by atoms with Crippen LogP contribution in [0.25, 0.3) is 0 Å². The molecule has 1 fully saturated rings. The Morgan fingerprint density at radius 2 is 2.04 bits per heavy atom. The molecule has 2 aromatic rings. The topological polar surface area (TPSA) is 96.2 Å². The molecule has 1 aliphatic rings. The number of benzene rings is 1. The largest absolute Gasteiger partial charge is 0.383 e. The number of nitrogens with zero attached hydrogens (tertiary/aromatic N) is 2. The van der Waals surface area contributed by atoms with Gasteiger partial charge in [0.2, 0.25) is 0 Å². The summed E-state index contributed by atoms with van der Waals surface area (Å²) in [6.45, 7) is 2.62. The Morgan fingerprint density at radius 1 is 1.36 bits per heavy atom. The van der Waals surface area contributed by atoms with Crippen LogP contribution in [0, 0.1) is 0 Å². The minimum Gasteiger partial charge on any atom is -0.383 e. The van der Waals surface area contributed by atoms with E-state index in [0.29, 0.717) is 17.7 Å². The van der Waals surface area contributed by atoms with E-state index in [0.717, 1.165) is 18.4 Å². The van der Waals surface area contributed by atoms with Gasteiger partial charge in [0, 0.05) is 12.6 Å². The summed E-state index contributed by atoms with van der Waals surface area (Å²) in [5.74, 6) is 0.111. The summed E-state index contributed by atoms with van der Waals surface area (Å²) in [4.78, 5) is 28.6. The van der Waals surface area contributed by atoms with Crippen LogP contribution in [-0.4, -0.2) is 27.3 Å². The molecule has 3 rings (SSSR count). The lowest BCUT2D eigenvalue weighted by Gasteiger charge is -2.25. The van der Waals surface area contributed by atoms with Crippen molar-refractivity contribution in [3.05, 3.63) is 56.7 Å². The Hall–Kier alpha value is -2.61. The minimum absolute atomic E-state index is 0.111. The van der Waals surface area contributed by atoms with Gasteiger partial charge in [-0.3, -0.25) is 14.3 Å². The van der Waals surface area contributed by atoms with E-state index in [1.807, 2.05) is 37.3 Å². The van der Waals surface area contributed by atoms with Crippen LogP contribution >= 0.6 is 12.2 Å². The number of hydrogen-bond donors (Lipinski definition) is 3. The molecule has 1 aliphatic carbocycles. The average molecular weight is 359 g/mol. The van der Waals surface area contributed by atoms with E-state index in [-0.39, 0.29) is 18.1 Å². The summed E-state index contributed by atoms with van der Waals surface area (Å²) >= 11 is 5.42. The van der Waals surface area contributed by atoms with Gasteiger partial charge >= 0.3 is 5.69 Å². The molecule has 0 bridgehead atoms. The van der Waals surface area contributed by atoms with Crippen molar-refractivity contribution < 1.29 is 0 Å². The quantitative estimate of drug-likeness (QED) is 0.690. The highest BCUT2D eigenvalue weighted by molar-refractivity contribution is 7.80. The number of nitrogen functional groups attached to an aromatic ring is 1. The number of hydrogen-bond acceptors (Lipinski definition) is 4. The number of nitrogens with two attached hydrogens (primary N) is 1. The molecule has 0 unspecified atom stereocenters. The third-order valence-corrected chi connectivity index (χ3v) is 4.47. The van der Waals surface area contributed by atoms with Crippen LogP contribution in [0.15, 0.2) is 39.9 Å². The van der Waals surface area contributed by atoms with E-state index in [2.05, 4.69) is 10.3 Å². The lowest BCUT2D eigenvalue weighted by Crippen LogP contribution is -2.45. The molecule has 25 heavy (non-hydrogen) atoms. The van der Waals surface area contributed by atoms with Crippen LogP contribution < -0.4 is 27.2 Å². The fraction of sp³-hybridized carbons (Fsp3) is 0.353. The van der Waals surface area contributed by atoms with Crippen LogP contribution in [0.5, 0.6) is 0 Å². The molecule has 0 saturated heterocycles. The van der Waals surface area contributed by atoms with E-state index in [1.165, 1.54) is 4.57 Å². The van der Waals surface area contributed by atoms with Gasteiger partial charge in [0.15, 0.2) is 10.8 Å². The monoisotopic (exact) mass is 359 g/mol. The second kappa shape index (κ2) is 7.10. The van der Waals surface area contributed by atoms with Crippen LogP contribution in [0.2, 0.25) is 0 Å². The molecule has 0 aliphatic heterocycles. The van der Waals surface area contributed by atoms with Gasteiger partial charge in [-0.15, -0.1) is 0 Å². The van der Waals surface area contributed by atoms with Crippen LogP contribution in [0.4, 0.5) is 11.5 Å². The standard InChI is InChI=1S/C17H21N5O2S/c1-2-21(17(25)19-12-8-9-12)13-14(18)22(16(24)20-15(13)23)10-11-6-4-3-5-7-11/h3-7,12H,2,8-10,18H2,1H3,(H,19,25)(H,20,23,24). The molecule has 1 saturated carbocycles. The summed E-state index contributed by atoms with van der Waals surface area (Å²) in [5.41, 5.74) is 6.26. The number of thiocarbonyl (C=S) groups is 1. The first-order chi connectivity index (χ1) is 12.0. The summed E-state index contributed by atoms with van der Waals surface area (Å²) in [6, 6.07) is 9.82. The van der Waals surface area contributed by atoms with Crippen molar-refractivity contribution in [2.75, 3.05) is 17.2 Å². The van der Waals surface area contributed by atoms with Crippen molar-refractivity contribution in [3.8, 4) is 0 Å². The van der Waals surface area contributed by atoms with Gasteiger partial charge in [0.25, 0.3) is 5.56 Å². The molecule has 1 aromatic heterocycles. The van der Waals surface area contributed by atoms with E-state index in [4.69, 9.17) is 18.0 Å². The van der Waals surface area contributed by atoms with Crippen molar-refractivity contribution in [1.29, 1.82) is 0 Å². The molecule has 0 radical (unpaired) electrons. The number of aromatic nitrogens is 2. The second-order valence-corrected chi connectivity index (χ2v) is 6.42. The number of H-pyrrole nitrogens is 1. The smallest absolute Gasteiger partial charge is 0.330 e. The predicted molar refractivity (Wildman–Crippen MR) is 103 cm³/mol. The fourth-order valence-electron chi connectivity index (χ4n) is 2.64. The van der Waals surface area contributed by atoms with Gasteiger partial charge in [-0.05, 0) is 37.5 Å². The Labute approximate surface area is 150 Å². The molecule has 8 heteroatoms. The zero-order valence-corrected chi connectivity index (χ0v) is 14.8. The molecule has 0 spiro atoms. The third-order valence-electron chi connectivity index (χ3n) is 4.13. The van der Waals surface area contributed by atoms with Crippen LogP contribution in [0.3, 0.4) is 0 Å². The number of nitrogens with one attached hydrogen (secondary N) is 2. The van der Waals surface area contributed by atoms with E-state index >= 15 is 0 Å². The van der Waals surface area contributed by atoms with Crippen molar-refractivity contribution >= 4 is 28.8 Å². The van der Waals surface area contributed by atoms with Crippen molar-refractivity contribution in [3.63, 3.8) is 0 Å². The zero-order valence-electron chi connectivity index (χ0n) is 14.0.